The van der Waals surface area contributed by atoms with E-state index in [0.29, 0.717) is 17.9 Å². The first-order chi connectivity index (χ1) is 9.59. The fraction of sp³-hybridized carbons (Fsp3) is 1.00. The first-order valence-electron chi connectivity index (χ1n) is 8.19. The van der Waals surface area contributed by atoms with Gasteiger partial charge in [0, 0.05) is 32.8 Å². The van der Waals surface area contributed by atoms with Crippen LogP contribution in [0.3, 0.4) is 0 Å². The van der Waals surface area contributed by atoms with Crippen LogP contribution in [-0.4, -0.2) is 61.5 Å². The fourth-order valence-corrected chi connectivity index (χ4v) is 3.16. The van der Waals surface area contributed by atoms with Crippen molar-refractivity contribution in [1.82, 2.24) is 10.2 Å². The maximum Gasteiger partial charge on any atom is 0.0628 e. The molecule has 0 aromatic heterocycles. The van der Waals surface area contributed by atoms with Crippen molar-refractivity contribution in [3.63, 3.8) is 0 Å². The molecule has 2 N–H and O–H groups in total. The molecule has 0 aliphatic heterocycles. The fourth-order valence-electron chi connectivity index (χ4n) is 3.16. The second-order valence-electron chi connectivity index (χ2n) is 7.13. The van der Waals surface area contributed by atoms with E-state index in [2.05, 4.69) is 24.1 Å². The SMILES string of the molecule is COCCN(CC(C)C)CC(CO)(NC1CC1)C1CC1. The monoisotopic (exact) mass is 284 g/mol. The molecule has 0 radical (unpaired) electrons. The highest BCUT2D eigenvalue weighted by Gasteiger charge is 2.48. The van der Waals surface area contributed by atoms with Crippen molar-refractivity contribution < 1.29 is 9.84 Å². The average Bonchev–Trinajstić information content (AvgIpc) is 3.26. The molecule has 20 heavy (non-hydrogen) atoms. The van der Waals surface area contributed by atoms with Gasteiger partial charge in [0.25, 0.3) is 0 Å². The van der Waals surface area contributed by atoms with Crippen LogP contribution in [0.5, 0.6) is 0 Å². The highest BCUT2D eigenvalue weighted by molar-refractivity contribution is 5.06. The third-order valence-electron chi connectivity index (χ3n) is 4.45. The Morgan fingerprint density at radius 3 is 2.45 bits per heavy atom. The minimum atomic E-state index is -0.0796. The van der Waals surface area contributed by atoms with Gasteiger partial charge in [-0.25, -0.2) is 0 Å². The summed E-state index contributed by atoms with van der Waals surface area (Å²) < 4.78 is 5.25. The van der Waals surface area contributed by atoms with Crippen LogP contribution in [0.1, 0.15) is 39.5 Å². The van der Waals surface area contributed by atoms with Crippen LogP contribution in [-0.2, 0) is 4.74 Å². The third kappa shape index (κ3) is 4.69. The van der Waals surface area contributed by atoms with Gasteiger partial charge in [-0.3, -0.25) is 4.90 Å². The molecule has 0 saturated heterocycles. The van der Waals surface area contributed by atoms with E-state index in [4.69, 9.17) is 4.74 Å². The van der Waals surface area contributed by atoms with Gasteiger partial charge in [0.05, 0.1) is 18.8 Å². The quantitative estimate of drug-likeness (QED) is 0.603. The Kier molecular flexibility index (Phi) is 5.84. The van der Waals surface area contributed by atoms with Crippen molar-refractivity contribution in [2.75, 3.05) is 40.0 Å². The Balaban J connectivity index is 1.97. The number of ether oxygens (including phenoxy) is 1. The Morgan fingerprint density at radius 2 is 2.00 bits per heavy atom. The summed E-state index contributed by atoms with van der Waals surface area (Å²) in [6.45, 7) is 8.52. The van der Waals surface area contributed by atoms with Crippen LogP contribution in [0.15, 0.2) is 0 Å². The number of aliphatic hydroxyl groups excluding tert-OH is 1. The lowest BCUT2D eigenvalue weighted by Gasteiger charge is -2.39. The van der Waals surface area contributed by atoms with Crippen molar-refractivity contribution in [3.8, 4) is 0 Å². The van der Waals surface area contributed by atoms with E-state index in [0.717, 1.165) is 26.2 Å². The summed E-state index contributed by atoms with van der Waals surface area (Å²) in [4.78, 5) is 2.47. The number of nitrogens with one attached hydrogen (secondary N) is 1. The Labute approximate surface area is 123 Å². The predicted octanol–water partition coefficient (Wildman–Crippen LogP) is 1.48. The van der Waals surface area contributed by atoms with E-state index in [9.17, 15) is 5.11 Å². The number of rotatable bonds is 11. The van der Waals surface area contributed by atoms with Crippen molar-refractivity contribution >= 4 is 0 Å². The van der Waals surface area contributed by atoms with E-state index < -0.39 is 0 Å². The first-order valence-corrected chi connectivity index (χ1v) is 8.19. The molecule has 0 aromatic carbocycles. The van der Waals surface area contributed by atoms with E-state index >= 15 is 0 Å². The average molecular weight is 284 g/mol. The smallest absolute Gasteiger partial charge is 0.0628 e. The van der Waals surface area contributed by atoms with Gasteiger partial charge < -0.3 is 15.2 Å². The van der Waals surface area contributed by atoms with Gasteiger partial charge in [-0.05, 0) is 37.5 Å². The largest absolute Gasteiger partial charge is 0.394 e. The van der Waals surface area contributed by atoms with E-state index in [1.165, 1.54) is 25.7 Å². The molecule has 0 bridgehead atoms. The lowest BCUT2D eigenvalue weighted by molar-refractivity contribution is 0.0671. The molecule has 0 spiro atoms. The number of nitrogens with zero attached hydrogens (tertiary/aromatic N) is 1. The van der Waals surface area contributed by atoms with Crippen LogP contribution in [0.2, 0.25) is 0 Å². The molecule has 2 aliphatic rings. The molecule has 2 saturated carbocycles. The van der Waals surface area contributed by atoms with Crippen molar-refractivity contribution in [2.24, 2.45) is 11.8 Å². The van der Waals surface area contributed by atoms with Crippen LogP contribution < -0.4 is 5.32 Å². The third-order valence-corrected chi connectivity index (χ3v) is 4.45. The Morgan fingerprint density at radius 1 is 1.30 bits per heavy atom. The molecule has 4 nitrogen and oxygen atoms in total. The van der Waals surface area contributed by atoms with Gasteiger partial charge in [-0.2, -0.15) is 0 Å². The predicted molar refractivity (Wildman–Crippen MR) is 81.9 cm³/mol. The van der Waals surface area contributed by atoms with Crippen LogP contribution in [0.25, 0.3) is 0 Å². The van der Waals surface area contributed by atoms with E-state index in [1.54, 1.807) is 7.11 Å². The first kappa shape index (κ1) is 16.2. The zero-order valence-electron chi connectivity index (χ0n) is 13.4. The second kappa shape index (κ2) is 7.21. The minimum absolute atomic E-state index is 0.0796. The highest BCUT2D eigenvalue weighted by Crippen LogP contribution is 2.42. The van der Waals surface area contributed by atoms with Gasteiger partial charge >= 0.3 is 0 Å². The maximum absolute atomic E-state index is 10.1. The molecular weight excluding hydrogens is 252 g/mol. The lowest BCUT2D eigenvalue weighted by Crippen LogP contribution is -2.59. The molecule has 2 rings (SSSR count). The maximum atomic E-state index is 10.1. The van der Waals surface area contributed by atoms with Crippen molar-refractivity contribution in [2.45, 2.75) is 51.1 Å². The Hall–Kier alpha value is -0.160. The molecule has 0 amide bonds. The number of methoxy groups -OCH3 is 1. The van der Waals surface area contributed by atoms with Crippen LogP contribution in [0, 0.1) is 11.8 Å². The molecule has 0 aromatic rings. The highest BCUT2D eigenvalue weighted by atomic mass is 16.5. The summed E-state index contributed by atoms with van der Waals surface area (Å²) in [5.41, 5.74) is -0.0796. The summed E-state index contributed by atoms with van der Waals surface area (Å²) in [6.07, 6.45) is 5.08. The molecule has 2 fully saturated rings. The molecule has 118 valence electrons. The number of hydrogen-bond donors (Lipinski definition) is 2. The van der Waals surface area contributed by atoms with Gasteiger partial charge in [0.15, 0.2) is 0 Å². The normalized spacial score (nSPS) is 22.5. The zero-order chi connectivity index (χ0) is 14.6. The molecule has 0 heterocycles. The summed E-state index contributed by atoms with van der Waals surface area (Å²) in [5.74, 6) is 1.30. The minimum Gasteiger partial charge on any atom is -0.394 e. The van der Waals surface area contributed by atoms with Gasteiger partial charge in [-0.1, -0.05) is 13.8 Å². The zero-order valence-corrected chi connectivity index (χ0v) is 13.4. The second-order valence-corrected chi connectivity index (χ2v) is 7.13. The van der Waals surface area contributed by atoms with Crippen molar-refractivity contribution in [3.05, 3.63) is 0 Å². The van der Waals surface area contributed by atoms with E-state index in [1.807, 2.05) is 0 Å². The summed E-state index contributed by atoms with van der Waals surface area (Å²) >= 11 is 0. The summed E-state index contributed by atoms with van der Waals surface area (Å²) in [5, 5.41) is 13.8. The van der Waals surface area contributed by atoms with Gasteiger partial charge in [0.1, 0.15) is 0 Å². The Bertz CT molecular complexity index is 290. The van der Waals surface area contributed by atoms with Crippen LogP contribution >= 0.6 is 0 Å². The molecule has 2 aliphatic carbocycles. The van der Waals surface area contributed by atoms with E-state index in [-0.39, 0.29) is 12.1 Å². The lowest BCUT2D eigenvalue weighted by atomic mass is 9.92. The topological polar surface area (TPSA) is 44.7 Å². The standard InChI is InChI=1S/C16H32N2O2/c1-13(2)10-18(8-9-20-3)11-16(12-19,14-4-5-14)17-15-6-7-15/h13-15,17,19H,4-12H2,1-3H3. The number of aliphatic hydroxyl groups is 1. The van der Waals surface area contributed by atoms with Crippen molar-refractivity contribution in [1.29, 1.82) is 0 Å². The van der Waals surface area contributed by atoms with Gasteiger partial charge in [-0.15, -0.1) is 0 Å². The molecular formula is C16H32N2O2. The summed E-state index contributed by atoms with van der Waals surface area (Å²) in [6, 6.07) is 0.645. The number of hydrogen-bond acceptors (Lipinski definition) is 4. The van der Waals surface area contributed by atoms with Gasteiger partial charge in [0.2, 0.25) is 0 Å². The molecule has 1 unspecified atom stereocenters. The molecule has 4 heteroatoms. The molecule has 1 atom stereocenters. The van der Waals surface area contributed by atoms with Crippen LogP contribution in [0.4, 0.5) is 0 Å². The summed E-state index contributed by atoms with van der Waals surface area (Å²) in [7, 11) is 1.76.